The van der Waals surface area contributed by atoms with Gasteiger partial charge < -0.3 is 15.5 Å². The number of aliphatic carboxylic acids is 1. The molecule has 6 heteroatoms. The van der Waals surface area contributed by atoms with Crippen molar-refractivity contribution in [2.24, 2.45) is 0 Å². The molecule has 1 atom stereocenters. The third-order valence-corrected chi connectivity index (χ3v) is 2.61. The van der Waals surface area contributed by atoms with E-state index in [4.69, 9.17) is 5.11 Å². The minimum absolute atomic E-state index is 0.000856. The molecule has 0 aliphatic heterocycles. The van der Waals surface area contributed by atoms with Crippen LogP contribution in [0.4, 0.5) is 0 Å². The first-order chi connectivity index (χ1) is 7.90. The van der Waals surface area contributed by atoms with Gasteiger partial charge in [-0.05, 0) is 19.4 Å². The predicted octanol–water partition coefficient (Wildman–Crippen LogP) is 0.770. The van der Waals surface area contributed by atoms with Crippen molar-refractivity contribution >= 4 is 11.9 Å². The van der Waals surface area contributed by atoms with Crippen LogP contribution >= 0.6 is 0 Å². The number of aromatic hydroxyl groups is 1. The SMILES string of the molecule is CCC(C)(NC(=O)c1ccncc1O)C(=O)O. The highest BCUT2D eigenvalue weighted by molar-refractivity contribution is 5.99. The van der Waals surface area contributed by atoms with E-state index in [2.05, 4.69) is 10.3 Å². The first-order valence-corrected chi connectivity index (χ1v) is 5.09. The lowest BCUT2D eigenvalue weighted by Crippen LogP contribution is -2.51. The smallest absolute Gasteiger partial charge is 0.329 e. The number of nitrogens with one attached hydrogen (secondary N) is 1. The minimum Gasteiger partial charge on any atom is -0.505 e. The number of amides is 1. The molecule has 0 saturated carbocycles. The van der Waals surface area contributed by atoms with Gasteiger partial charge in [-0.2, -0.15) is 0 Å². The molecule has 0 aliphatic carbocycles. The number of nitrogens with zero attached hydrogens (tertiary/aromatic N) is 1. The zero-order valence-electron chi connectivity index (χ0n) is 9.60. The number of carboxylic acids is 1. The van der Waals surface area contributed by atoms with Crippen molar-refractivity contribution in [2.45, 2.75) is 25.8 Å². The van der Waals surface area contributed by atoms with Crippen LogP contribution in [0.3, 0.4) is 0 Å². The Balaban J connectivity index is 2.93. The van der Waals surface area contributed by atoms with E-state index < -0.39 is 17.4 Å². The fourth-order valence-corrected chi connectivity index (χ4v) is 1.19. The Morgan fingerprint density at radius 1 is 1.53 bits per heavy atom. The second-order valence-electron chi connectivity index (χ2n) is 3.84. The number of aromatic nitrogens is 1. The number of hydrogen-bond donors (Lipinski definition) is 3. The quantitative estimate of drug-likeness (QED) is 0.719. The maximum absolute atomic E-state index is 11.8. The van der Waals surface area contributed by atoms with Crippen LogP contribution < -0.4 is 5.32 Å². The summed E-state index contributed by atoms with van der Waals surface area (Å²) in [6.45, 7) is 3.06. The minimum atomic E-state index is -1.35. The zero-order valence-corrected chi connectivity index (χ0v) is 9.60. The maximum Gasteiger partial charge on any atom is 0.329 e. The number of carbonyl (C=O) groups excluding carboxylic acids is 1. The third kappa shape index (κ3) is 2.72. The fraction of sp³-hybridized carbons (Fsp3) is 0.364. The molecule has 1 aromatic rings. The largest absolute Gasteiger partial charge is 0.505 e. The molecule has 1 amide bonds. The highest BCUT2D eigenvalue weighted by Crippen LogP contribution is 2.16. The highest BCUT2D eigenvalue weighted by atomic mass is 16.4. The van der Waals surface area contributed by atoms with E-state index in [9.17, 15) is 14.7 Å². The Kier molecular flexibility index (Phi) is 3.67. The molecule has 0 saturated heterocycles. The summed E-state index contributed by atoms with van der Waals surface area (Å²) in [6.07, 6.45) is 2.71. The zero-order chi connectivity index (χ0) is 13.1. The molecular formula is C11H14N2O4. The van der Waals surface area contributed by atoms with E-state index in [1.165, 1.54) is 19.2 Å². The van der Waals surface area contributed by atoms with Gasteiger partial charge in [-0.25, -0.2) is 4.79 Å². The topological polar surface area (TPSA) is 99.5 Å². The molecule has 1 heterocycles. The van der Waals surface area contributed by atoms with Crippen LogP contribution in [-0.4, -0.2) is 32.6 Å². The number of hydrogen-bond acceptors (Lipinski definition) is 4. The van der Waals surface area contributed by atoms with Gasteiger partial charge in [0.1, 0.15) is 11.3 Å². The van der Waals surface area contributed by atoms with E-state index in [1.54, 1.807) is 6.92 Å². The van der Waals surface area contributed by atoms with Gasteiger partial charge in [0.15, 0.2) is 0 Å². The lowest BCUT2D eigenvalue weighted by Gasteiger charge is -2.24. The maximum atomic E-state index is 11.8. The van der Waals surface area contributed by atoms with E-state index in [0.717, 1.165) is 6.20 Å². The Hall–Kier alpha value is -2.11. The monoisotopic (exact) mass is 238 g/mol. The normalized spacial score (nSPS) is 13.8. The van der Waals surface area contributed by atoms with Gasteiger partial charge >= 0.3 is 5.97 Å². The molecule has 92 valence electrons. The highest BCUT2D eigenvalue weighted by Gasteiger charge is 2.33. The first kappa shape index (κ1) is 13.0. The molecule has 1 rings (SSSR count). The molecule has 0 radical (unpaired) electrons. The molecule has 0 aromatic carbocycles. The summed E-state index contributed by atoms with van der Waals surface area (Å²) in [5, 5.41) is 20.8. The second kappa shape index (κ2) is 4.82. The first-order valence-electron chi connectivity index (χ1n) is 5.09. The van der Waals surface area contributed by atoms with Crippen LogP contribution in [0.1, 0.15) is 30.6 Å². The summed E-state index contributed by atoms with van der Waals surface area (Å²) in [5.41, 5.74) is -1.35. The van der Waals surface area contributed by atoms with Gasteiger partial charge in [0, 0.05) is 6.20 Å². The molecule has 6 nitrogen and oxygen atoms in total. The number of rotatable bonds is 4. The van der Waals surface area contributed by atoms with Gasteiger partial charge in [-0.15, -0.1) is 0 Å². The van der Waals surface area contributed by atoms with Crippen LogP contribution in [0, 0.1) is 0 Å². The van der Waals surface area contributed by atoms with Crippen LogP contribution in [0.15, 0.2) is 18.5 Å². The molecular weight excluding hydrogens is 224 g/mol. The molecule has 0 bridgehead atoms. The summed E-state index contributed by atoms with van der Waals surface area (Å²) < 4.78 is 0. The van der Waals surface area contributed by atoms with Gasteiger partial charge in [-0.3, -0.25) is 9.78 Å². The average molecular weight is 238 g/mol. The van der Waals surface area contributed by atoms with E-state index in [1.807, 2.05) is 0 Å². The summed E-state index contributed by atoms with van der Waals surface area (Å²) >= 11 is 0. The number of carboxylic acid groups (broad SMARTS) is 1. The molecule has 0 fully saturated rings. The van der Waals surface area contributed by atoms with Gasteiger partial charge in [0.25, 0.3) is 5.91 Å². The number of pyridine rings is 1. The molecule has 1 aromatic heterocycles. The standard InChI is InChI=1S/C11H14N2O4/c1-3-11(2,10(16)17)13-9(15)7-4-5-12-6-8(7)14/h4-6,14H,3H2,1-2H3,(H,13,15)(H,16,17). The van der Waals surface area contributed by atoms with Crippen molar-refractivity contribution in [3.05, 3.63) is 24.0 Å². The van der Waals surface area contributed by atoms with Crippen LogP contribution in [0.5, 0.6) is 5.75 Å². The Labute approximate surface area is 98.3 Å². The molecule has 3 N–H and O–H groups in total. The van der Waals surface area contributed by atoms with Crippen molar-refractivity contribution in [1.82, 2.24) is 10.3 Å². The van der Waals surface area contributed by atoms with Gasteiger partial charge in [-0.1, -0.05) is 6.92 Å². The average Bonchev–Trinajstić information content (AvgIpc) is 2.29. The number of carbonyl (C=O) groups is 2. The molecule has 1 unspecified atom stereocenters. The Bertz CT molecular complexity index is 447. The van der Waals surface area contributed by atoms with Gasteiger partial charge in [0.2, 0.25) is 0 Å². The Morgan fingerprint density at radius 3 is 2.65 bits per heavy atom. The molecule has 0 aliphatic rings. The van der Waals surface area contributed by atoms with Crippen molar-refractivity contribution in [1.29, 1.82) is 0 Å². The Morgan fingerprint density at radius 2 is 2.18 bits per heavy atom. The summed E-state index contributed by atoms with van der Waals surface area (Å²) in [6, 6.07) is 1.32. The van der Waals surface area contributed by atoms with E-state index >= 15 is 0 Å². The lowest BCUT2D eigenvalue weighted by molar-refractivity contribution is -0.143. The van der Waals surface area contributed by atoms with E-state index in [0.29, 0.717) is 0 Å². The van der Waals surface area contributed by atoms with Crippen LogP contribution in [-0.2, 0) is 4.79 Å². The third-order valence-electron chi connectivity index (χ3n) is 2.61. The summed E-state index contributed by atoms with van der Waals surface area (Å²) in [7, 11) is 0. The van der Waals surface area contributed by atoms with Crippen molar-refractivity contribution < 1.29 is 19.8 Å². The predicted molar refractivity (Wildman–Crippen MR) is 59.7 cm³/mol. The molecule has 0 spiro atoms. The van der Waals surface area contributed by atoms with Gasteiger partial charge in [0.05, 0.1) is 11.8 Å². The fourth-order valence-electron chi connectivity index (χ4n) is 1.19. The van der Waals surface area contributed by atoms with Crippen molar-refractivity contribution in [3.63, 3.8) is 0 Å². The molecule has 17 heavy (non-hydrogen) atoms. The van der Waals surface area contributed by atoms with E-state index in [-0.39, 0.29) is 17.7 Å². The summed E-state index contributed by atoms with van der Waals surface area (Å²) in [5.74, 6) is -2.05. The van der Waals surface area contributed by atoms with Crippen molar-refractivity contribution in [3.8, 4) is 5.75 Å². The van der Waals surface area contributed by atoms with Crippen molar-refractivity contribution in [2.75, 3.05) is 0 Å². The van der Waals surface area contributed by atoms with Crippen LogP contribution in [0.25, 0.3) is 0 Å². The van der Waals surface area contributed by atoms with Crippen LogP contribution in [0.2, 0.25) is 0 Å². The second-order valence-corrected chi connectivity index (χ2v) is 3.84. The lowest BCUT2D eigenvalue weighted by atomic mass is 9.98. The summed E-state index contributed by atoms with van der Waals surface area (Å²) in [4.78, 5) is 26.4.